The monoisotopic (exact) mass is 444 g/mol. The minimum absolute atomic E-state index is 0.181. The minimum Gasteiger partial charge on any atom is -0.446 e. The first-order valence-electron chi connectivity index (χ1n) is 9.81. The highest BCUT2D eigenvalue weighted by Gasteiger charge is 2.25. The zero-order valence-corrected chi connectivity index (χ0v) is 17.8. The van der Waals surface area contributed by atoms with Crippen LogP contribution in [0.2, 0.25) is 0 Å². The summed E-state index contributed by atoms with van der Waals surface area (Å²) < 4.78 is 32.5. The molecule has 5 N–H and O–H groups in total. The molecule has 0 spiro atoms. The molecule has 0 unspecified atom stereocenters. The molecule has 1 aliphatic heterocycles. The molecule has 4 rings (SSSR count). The number of nitrogens with one attached hydrogen (secondary N) is 1. The Kier molecular flexibility index (Phi) is 5.46. The summed E-state index contributed by atoms with van der Waals surface area (Å²) in [5.74, 6) is 0. The normalized spacial score (nSPS) is 15.8. The van der Waals surface area contributed by atoms with E-state index in [1.165, 1.54) is 12.4 Å². The van der Waals surface area contributed by atoms with E-state index in [0.717, 1.165) is 9.54 Å². The number of nitrogens with zero attached hydrogens (tertiary/aromatic N) is 3. The Morgan fingerprint density at radius 3 is 2.52 bits per heavy atom. The second-order valence-corrected chi connectivity index (χ2v) is 9.31. The van der Waals surface area contributed by atoms with Crippen molar-refractivity contribution in [2.45, 2.75) is 30.8 Å². The van der Waals surface area contributed by atoms with Gasteiger partial charge in [0.05, 0.1) is 22.5 Å². The van der Waals surface area contributed by atoms with Crippen LogP contribution < -0.4 is 16.9 Å². The van der Waals surface area contributed by atoms with Gasteiger partial charge in [-0.2, -0.15) is 0 Å². The third-order valence-corrected chi connectivity index (χ3v) is 6.96. The number of piperidine rings is 1. The Labute approximate surface area is 179 Å². The number of hydrogen-bond donors (Lipinski definition) is 3. The number of aromatic nitrogens is 2. The molecule has 0 aliphatic carbocycles. The van der Waals surface area contributed by atoms with Crippen molar-refractivity contribution in [1.82, 2.24) is 14.0 Å². The van der Waals surface area contributed by atoms with Crippen molar-refractivity contribution < 1.29 is 17.9 Å². The van der Waals surface area contributed by atoms with E-state index >= 15 is 0 Å². The lowest BCUT2D eigenvalue weighted by atomic mass is 10.1. The van der Waals surface area contributed by atoms with Crippen LogP contribution in [0.15, 0.2) is 47.6 Å². The van der Waals surface area contributed by atoms with Gasteiger partial charge in [-0.05, 0) is 38.0 Å². The molecular formula is C20H24N6O4S. The van der Waals surface area contributed by atoms with Crippen molar-refractivity contribution in [2.24, 2.45) is 5.73 Å². The van der Waals surface area contributed by atoms with Gasteiger partial charge in [0.15, 0.2) is 5.65 Å². The number of pyridine rings is 1. The number of hydrazine groups is 1. The number of anilines is 2. The van der Waals surface area contributed by atoms with Crippen LogP contribution in [0, 0.1) is 6.92 Å². The van der Waals surface area contributed by atoms with Crippen molar-refractivity contribution >= 4 is 38.5 Å². The number of fused-ring (bicyclic) bond motifs is 1. The fourth-order valence-electron chi connectivity index (χ4n) is 3.63. The van der Waals surface area contributed by atoms with E-state index in [4.69, 9.17) is 16.2 Å². The predicted octanol–water partition coefficient (Wildman–Crippen LogP) is 2.05. The molecule has 3 heterocycles. The first-order valence-corrected chi connectivity index (χ1v) is 11.2. The summed E-state index contributed by atoms with van der Waals surface area (Å²) in [7, 11) is -3.81. The molecule has 11 heteroatoms. The number of rotatable bonds is 5. The van der Waals surface area contributed by atoms with Gasteiger partial charge in [0.1, 0.15) is 6.10 Å². The zero-order chi connectivity index (χ0) is 22.2. The number of aryl methyl sites for hydroxylation is 1. The van der Waals surface area contributed by atoms with Gasteiger partial charge in [-0.15, -0.1) is 0 Å². The second-order valence-electron chi connectivity index (χ2n) is 7.49. The number of hydrogen-bond acceptors (Lipinski definition) is 8. The number of carbonyl (C=O) groups is 1. The first kappa shape index (κ1) is 20.9. The van der Waals surface area contributed by atoms with Crippen LogP contribution >= 0.6 is 0 Å². The number of benzene rings is 1. The summed E-state index contributed by atoms with van der Waals surface area (Å²) in [5.41, 5.74) is 16.7. The maximum absolute atomic E-state index is 13.1. The third-order valence-electron chi connectivity index (χ3n) is 5.28. The summed E-state index contributed by atoms with van der Waals surface area (Å²) in [6.45, 7) is 3.10. The van der Waals surface area contributed by atoms with Gasteiger partial charge in [0.2, 0.25) is 0 Å². The van der Waals surface area contributed by atoms with Gasteiger partial charge in [-0.25, -0.2) is 27.2 Å². The van der Waals surface area contributed by atoms with Crippen LogP contribution in [0.5, 0.6) is 0 Å². The number of nitrogen functional groups attached to an aromatic ring is 1. The topological polar surface area (TPSA) is 146 Å². The van der Waals surface area contributed by atoms with Crippen molar-refractivity contribution in [3.63, 3.8) is 0 Å². The summed E-state index contributed by atoms with van der Waals surface area (Å²) in [5, 5.41) is 2.53. The highest BCUT2D eigenvalue weighted by Crippen LogP contribution is 2.31. The number of amides is 1. The lowest BCUT2D eigenvalue weighted by Gasteiger charge is -2.32. The van der Waals surface area contributed by atoms with E-state index in [1.807, 2.05) is 11.9 Å². The molecular weight excluding hydrogens is 420 g/mol. The first-order chi connectivity index (χ1) is 14.8. The predicted molar refractivity (Wildman–Crippen MR) is 117 cm³/mol. The van der Waals surface area contributed by atoms with Crippen molar-refractivity contribution in [1.29, 1.82) is 0 Å². The average molecular weight is 445 g/mol. The lowest BCUT2D eigenvalue weighted by molar-refractivity contribution is 0.0630. The van der Waals surface area contributed by atoms with Gasteiger partial charge < -0.3 is 21.6 Å². The molecule has 3 aromatic rings. The van der Waals surface area contributed by atoms with E-state index in [-0.39, 0.29) is 16.6 Å². The van der Waals surface area contributed by atoms with E-state index in [2.05, 4.69) is 10.4 Å². The maximum Gasteiger partial charge on any atom is 0.404 e. The van der Waals surface area contributed by atoms with Gasteiger partial charge in [0.25, 0.3) is 10.0 Å². The molecule has 164 valence electrons. The summed E-state index contributed by atoms with van der Waals surface area (Å²) in [4.78, 5) is 15.4. The molecule has 2 aromatic heterocycles. The third kappa shape index (κ3) is 4.14. The largest absolute Gasteiger partial charge is 0.446 e. The molecule has 1 aliphatic rings. The maximum atomic E-state index is 13.1. The van der Waals surface area contributed by atoms with Crippen molar-refractivity contribution in [3.05, 3.63) is 48.3 Å². The van der Waals surface area contributed by atoms with Crippen LogP contribution in [0.25, 0.3) is 11.0 Å². The molecule has 1 aromatic carbocycles. The quantitative estimate of drug-likeness (QED) is 0.542. The minimum atomic E-state index is -3.81. The Bertz CT molecular complexity index is 1210. The van der Waals surface area contributed by atoms with Crippen LogP contribution in [0.1, 0.15) is 18.4 Å². The van der Waals surface area contributed by atoms with E-state index in [9.17, 15) is 13.2 Å². The molecule has 1 fully saturated rings. The number of primary amides is 1. The van der Waals surface area contributed by atoms with Gasteiger partial charge >= 0.3 is 6.09 Å². The molecule has 1 amide bonds. The Morgan fingerprint density at radius 1 is 1.19 bits per heavy atom. The number of nitrogens with two attached hydrogens (primary N) is 2. The molecule has 0 atom stereocenters. The molecule has 0 bridgehead atoms. The van der Waals surface area contributed by atoms with Gasteiger partial charge in [-0.1, -0.05) is 17.7 Å². The lowest BCUT2D eigenvalue weighted by Crippen LogP contribution is -2.41. The number of carbonyl (C=O) groups excluding carboxylic acids is 1. The van der Waals surface area contributed by atoms with E-state index in [0.29, 0.717) is 42.7 Å². The Morgan fingerprint density at radius 2 is 1.87 bits per heavy atom. The van der Waals surface area contributed by atoms with Crippen LogP contribution in [-0.2, 0) is 14.8 Å². The summed E-state index contributed by atoms with van der Waals surface area (Å²) in [6.07, 6.45) is 3.16. The molecule has 10 nitrogen and oxygen atoms in total. The van der Waals surface area contributed by atoms with Crippen molar-refractivity contribution in [3.8, 4) is 0 Å². The fraction of sp³-hybridized carbons (Fsp3) is 0.300. The molecule has 0 radical (unpaired) electrons. The van der Waals surface area contributed by atoms with Crippen molar-refractivity contribution in [2.75, 3.05) is 24.2 Å². The molecule has 0 saturated carbocycles. The second kappa shape index (κ2) is 8.08. The van der Waals surface area contributed by atoms with Crippen LogP contribution in [0.3, 0.4) is 0 Å². The Balaban J connectivity index is 1.62. The standard InChI is InChI=1S/C20H24N6O4S/c1-13-2-4-15(5-3-13)31(28,29)26-11-8-16-18(17(21)12-23-19(16)26)24-25-9-6-14(7-10-25)30-20(22)27/h2-5,8,11-12,14H,6-7,9-10,21H2,1H3,(H2,22,27)(H,23,24). The zero-order valence-electron chi connectivity index (χ0n) is 17.0. The average Bonchev–Trinajstić information content (AvgIpc) is 3.16. The van der Waals surface area contributed by atoms with Crippen LogP contribution in [-0.4, -0.2) is 47.7 Å². The van der Waals surface area contributed by atoms with Gasteiger partial charge in [-0.3, -0.25) is 0 Å². The van der Waals surface area contributed by atoms with Gasteiger partial charge in [0, 0.05) is 24.7 Å². The van der Waals surface area contributed by atoms with Crippen LogP contribution in [0.4, 0.5) is 16.2 Å². The summed E-state index contributed by atoms with van der Waals surface area (Å²) in [6, 6.07) is 8.33. The smallest absolute Gasteiger partial charge is 0.404 e. The fourth-order valence-corrected chi connectivity index (χ4v) is 4.93. The highest BCUT2D eigenvalue weighted by molar-refractivity contribution is 7.90. The number of ether oxygens (including phenoxy) is 1. The highest BCUT2D eigenvalue weighted by atomic mass is 32.2. The van der Waals surface area contributed by atoms with E-state index < -0.39 is 16.1 Å². The molecule has 1 saturated heterocycles. The SMILES string of the molecule is Cc1ccc(S(=O)(=O)n2ccc3c(NN4CCC(OC(N)=O)CC4)c(N)cnc32)cc1. The summed E-state index contributed by atoms with van der Waals surface area (Å²) >= 11 is 0. The Hall–Kier alpha value is -3.31. The van der Waals surface area contributed by atoms with E-state index in [1.54, 1.807) is 30.3 Å². The molecule has 31 heavy (non-hydrogen) atoms.